The van der Waals surface area contributed by atoms with E-state index in [0.29, 0.717) is 0 Å². The first-order valence-electron chi connectivity index (χ1n) is 13.8. The fourth-order valence-electron chi connectivity index (χ4n) is 6.95. The molecule has 0 saturated heterocycles. The molecule has 0 aliphatic heterocycles. The smallest absolute Gasteiger partial charge is 0.0886 e. The third kappa shape index (κ3) is 3.43. The van der Waals surface area contributed by atoms with Crippen molar-refractivity contribution in [3.05, 3.63) is 48.0 Å². The lowest BCUT2D eigenvalue weighted by molar-refractivity contribution is 1.20. The van der Waals surface area contributed by atoms with Crippen LogP contribution in [0.1, 0.15) is 47.1 Å². The molecule has 5 rings (SSSR count). The average molecular weight is 543 g/mol. The summed E-state index contributed by atoms with van der Waals surface area (Å²) in [6, 6.07) is 23.6. The molecule has 0 saturated carbocycles. The summed E-state index contributed by atoms with van der Waals surface area (Å²) >= 11 is 4.12. The van der Waals surface area contributed by atoms with Crippen molar-refractivity contribution in [3.8, 4) is 12.3 Å². The molecule has 36 heavy (non-hydrogen) atoms. The quantitative estimate of drug-likeness (QED) is 0.135. The van der Waals surface area contributed by atoms with Gasteiger partial charge in [-0.25, -0.2) is 0 Å². The van der Waals surface area contributed by atoms with Gasteiger partial charge in [-0.05, 0) is 28.6 Å². The molecule has 0 N–H and O–H groups in total. The lowest BCUT2D eigenvalue weighted by Crippen LogP contribution is -2.50. The van der Waals surface area contributed by atoms with Crippen molar-refractivity contribution in [2.45, 2.75) is 77.8 Å². The summed E-state index contributed by atoms with van der Waals surface area (Å²) in [6.07, 6.45) is 6.18. The van der Waals surface area contributed by atoms with E-state index >= 15 is 0 Å². The van der Waals surface area contributed by atoms with Crippen molar-refractivity contribution in [1.82, 2.24) is 0 Å². The minimum atomic E-state index is -1.75. The Bertz CT molecular complexity index is 1600. The molecule has 4 heteroatoms. The van der Waals surface area contributed by atoms with Gasteiger partial charge in [-0.2, -0.15) is 0 Å². The molecule has 0 spiro atoms. The highest BCUT2D eigenvalue weighted by Crippen LogP contribution is 2.45. The molecule has 0 bridgehead atoms. The van der Waals surface area contributed by atoms with E-state index < -0.39 is 16.1 Å². The third-order valence-electron chi connectivity index (χ3n) is 9.54. The van der Waals surface area contributed by atoms with Crippen LogP contribution in [0.2, 0.25) is 36.3 Å². The van der Waals surface area contributed by atoms with Crippen molar-refractivity contribution in [1.29, 1.82) is 0 Å². The SMILES string of the molecule is C#Cc1cccc2sc3c([Si](CC)(CC)CC)c4c(sc5ccccc54)c([Si](CC)(CC)CC)c3c12. The van der Waals surface area contributed by atoms with Crippen LogP contribution >= 0.6 is 22.7 Å². The summed E-state index contributed by atoms with van der Waals surface area (Å²) < 4.78 is 6.02. The predicted octanol–water partition coefficient (Wildman–Crippen LogP) is 9.83. The van der Waals surface area contributed by atoms with E-state index in [9.17, 15) is 0 Å². The second-order valence-corrected chi connectivity index (χ2v) is 22.8. The molecule has 0 amide bonds. The Kier molecular flexibility index (Phi) is 6.98. The Labute approximate surface area is 226 Å². The van der Waals surface area contributed by atoms with Crippen molar-refractivity contribution >= 4 is 89.5 Å². The van der Waals surface area contributed by atoms with Crippen molar-refractivity contribution in [2.24, 2.45) is 0 Å². The van der Waals surface area contributed by atoms with E-state index in [-0.39, 0.29) is 0 Å². The van der Waals surface area contributed by atoms with Crippen molar-refractivity contribution < 1.29 is 0 Å². The molecule has 0 aliphatic rings. The van der Waals surface area contributed by atoms with Crippen LogP contribution in [-0.4, -0.2) is 16.1 Å². The molecule has 0 aliphatic carbocycles. The minimum absolute atomic E-state index is 1.08. The van der Waals surface area contributed by atoms with Crippen LogP contribution in [0.5, 0.6) is 0 Å². The third-order valence-corrected chi connectivity index (χ3v) is 23.5. The van der Waals surface area contributed by atoms with E-state index in [2.05, 4.69) is 101 Å². The van der Waals surface area contributed by atoms with Gasteiger partial charge in [0.25, 0.3) is 0 Å². The van der Waals surface area contributed by atoms with Gasteiger partial charge >= 0.3 is 0 Å². The largest absolute Gasteiger partial charge is 0.135 e. The first-order valence-corrected chi connectivity index (χ1v) is 20.7. The van der Waals surface area contributed by atoms with Crippen LogP contribution < -0.4 is 10.4 Å². The van der Waals surface area contributed by atoms with Crippen LogP contribution in [0.15, 0.2) is 42.5 Å². The maximum absolute atomic E-state index is 6.18. The van der Waals surface area contributed by atoms with E-state index in [4.69, 9.17) is 6.42 Å². The zero-order valence-electron chi connectivity index (χ0n) is 22.7. The maximum Gasteiger partial charge on any atom is 0.0886 e. The fourth-order valence-corrected chi connectivity index (χ4v) is 19.0. The van der Waals surface area contributed by atoms with Gasteiger partial charge in [-0.3, -0.25) is 0 Å². The molecule has 0 fully saturated rings. The Morgan fingerprint density at radius 3 is 1.69 bits per heavy atom. The fraction of sp³-hybridized carbons (Fsp3) is 0.375. The van der Waals surface area contributed by atoms with Crippen LogP contribution in [0, 0.1) is 12.3 Å². The van der Waals surface area contributed by atoms with Crippen molar-refractivity contribution in [3.63, 3.8) is 0 Å². The molecular weight excluding hydrogens is 505 g/mol. The topological polar surface area (TPSA) is 0 Å². The van der Waals surface area contributed by atoms with Crippen LogP contribution in [0.3, 0.4) is 0 Å². The second kappa shape index (κ2) is 9.76. The molecule has 2 heterocycles. The highest BCUT2D eigenvalue weighted by molar-refractivity contribution is 7.31. The molecule has 0 atom stereocenters. The molecule has 0 nitrogen and oxygen atoms in total. The molecule has 5 aromatic rings. The van der Waals surface area contributed by atoms with Crippen LogP contribution in [0.4, 0.5) is 0 Å². The summed E-state index contributed by atoms with van der Waals surface area (Å²) in [4.78, 5) is 0. The standard InChI is InChI=1S/C32H38S2Si2/c1-8-22-18-17-21-25-26(22)28-30(34-25)31(35(9-2,10-3)11-4)27-23-19-15-16-20-24(23)33-29(27)32(28)36(12-5,13-6)14-7/h1,15-21H,9-14H2,2-7H3. The van der Waals surface area contributed by atoms with Gasteiger partial charge in [0.05, 0.1) is 16.1 Å². The number of hydrogen-bond donors (Lipinski definition) is 0. The second-order valence-electron chi connectivity index (χ2n) is 10.4. The lowest BCUT2D eigenvalue weighted by atomic mass is 10.0. The minimum Gasteiger partial charge on any atom is -0.135 e. The highest BCUT2D eigenvalue weighted by Gasteiger charge is 2.40. The maximum atomic E-state index is 6.18. The first kappa shape index (κ1) is 25.7. The molecule has 186 valence electrons. The Balaban J connectivity index is 2.22. The summed E-state index contributed by atoms with van der Waals surface area (Å²) in [7, 11) is -3.48. The molecule has 2 aromatic heterocycles. The molecular formula is C32H38S2Si2. The van der Waals surface area contributed by atoms with E-state index in [1.54, 1.807) is 30.5 Å². The van der Waals surface area contributed by atoms with Gasteiger partial charge in [0, 0.05) is 45.9 Å². The van der Waals surface area contributed by atoms with E-state index in [1.807, 2.05) is 11.3 Å². The zero-order valence-corrected chi connectivity index (χ0v) is 26.3. The van der Waals surface area contributed by atoms with Crippen LogP contribution in [0.25, 0.3) is 40.3 Å². The van der Waals surface area contributed by atoms with E-state index in [0.717, 1.165) is 5.56 Å². The number of hydrogen-bond acceptors (Lipinski definition) is 2. The first-order chi connectivity index (χ1) is 17.5. The van der Waals surface area contributed by atoms with Gasteiger partial charge in [0.2, 0.25) is 0 Å². The number of rotatable bonds is 8. The highest BCUT2D eigenvalue weighted by atomic mass is 32.1. The Morgan fingerprint density at radius 1 is 0.611 bits per heavy atom. The lowest BCUT2D eigenvalue weighted by Gasteiger charge is -2.34. The normalized spacial score (nSPS) is 12.8. The summed E-state index contributed by atoms with van der Waals surface area (Å²) in [5.41, 5.74) is 1.08. The Hall–Kier alpha value is -1.91. The number of benzene rings is 3. The van der Waals surface area contributed by atoms with Gasteiger partial charge in [0.15, 0.2) is 0 Å². The summed E-state index contributed by atoms with van der Waals surface area (Å²) in [5.74, 6) is 3.09. The molecule has 0 unspecified atom stereocenters. The summed E-state index contributed by atoms with van der Waals surface area (Å²) in [5, 5.41) is 9.51. The summed E-state index contributed by atoms with van der Waals surface area (Å²) in [6.45, 7) is 14.8. The van der Waals surface area contributed by atoms with E-state index in [1.165, 1.54) is 56.4 Å². The number of terminal acetylenes is 1. The van der Waals surface area contributed by atoms with Gasteiger partial charge in [-0.1, -0.05) is 108 Å². The monoisotopic (exact) mass is 542 g/mol. The van der Waals surface area contributed by atoms with Gasteiger partial charge < -0.3 is 0 Å². The average Bonchev–Trinajstić information content (AvgIpc) is 3.50. The van der Waals surface area contributed by atoms with Gasteiger partial charge in [0.1, 0.15) is 0 Å². The number of fused-ring (bicyclic) bond motifs is 6. The molecule has 3 aromatic carbocycles. The van der Waals surface area contributed by atoms with Crippen molar-refractivity contribution in [2.75, 3.05) is 0 Å². The Morgan fingerprint density at radius 2 is 1.11 bits per heavy atom. The molecule has 0 radical (unpaired) electrons. The predicted molar refractivity (Wildman–Crippen MR) is 174 cm³/mol. The van der Waals surface area contributed by atoms with Gasteiger partial charge in [-0.15, -0.1) is 29.1 Å². The van der Waals surface area contributed by atoms with Crippen LogP contribution in [-0.2, 0) is 0 Å². The number of thiophene rings is 2. The zero-order chi connectivity index (χ0) is 25.7.